The molecule has 4 N–H and O–H groups in total. The number of carbonyl (C=O) groups is 1. The normalized spacial score (nSPS) is 20.6. The molecule has 5 heteroatoms. The topological polar surface area (TPSA) is 78.6 Å². The van der Waals surface area contributed by atoms with Gasteiger partial charge in [-0.05, 0) is 12.8 Å². The number of nitrogens with zero attached hydrogens (tertiary/aromatic N) is 1. The molecular formula is C9H19N3O2. The third-order valence-corrected chi connectivity index (χ3v) is 2.56. The molecule has 82 valence electrons. The molecule has 1 aliphatic rings. The van der Waals surface area contributed by atoms with Crippen molar-refractivity contribution in [1.29, 1.82) is 0 Å². The van der Waals surface area contributed by atoms with Crippen LogP contribution in [0.1, 0.15) is 12.8 Å². The fraction of sp³-hybridized carbons (Fsp3) is 0.889. The minimum Gasteiger partial charge on any atom is -0.396 e. The Bertz CT molecular complexity index is 181. The first-order chi connectivity index (χ1) is 6.75. The lowest BCUT2D eigenvalue weighted by molar-refractivity contribution is -0.123. The number of nitrogens with two attached hydrogens (primary N) is 1. The smallest absolute Gasteiger partial charge is 0.234 e. The molecule has 1 amide bonds. The highest BCUT2D eigenvalue weighted by Crippen LogP contribution is 2.07. The van der Waals surface area contributed by atoms with Gasteiger partial charge in [0.2, 0.25) is 5.91 Å². The molecule has 0 aromatic carbocycles. The summed E-state index contributed by atoms with van der Waals surface area (Å²) in [6, 6.07) is -0.204. The minimum atomic E-state index is -0.277. The molecular weight excluding hydrogens is 182 g/mol. The van der Waals surface area contributed by atoms with E-state index < -0.39 is 0 Å². The summed E-state index contributed by atoms with van der Waals surface area (Å²) in [5, 5.41) is 11.9. The summed E-state index contributed by atoms with van der Waals surface area (Å²) in [4.78, 5) is 13.3. The molecule has 1 heterocycles. The van der Waals surface area contributed by atoms with Crippen LogP contribution in [-0.4, -0.2) is 54.7 Å². The Morgan fingerprint density at radius 3 is 2.64 bits per heavy atom. The Morgan fingerprint density at radius 2 is 2.14 bits per heavy atom. The van der Waals surface area contributed by atoms with Gasteiger partial charge in [0.1, 0.15) is 0 Å². The lowest BCUT2D eigenvalue weighted by Gasteiger charge is -2.32. The van der Waals surface area contributed by atoms with Crippen LogP contribution < -0.4 is 11.1 Å². The molecule has 0 bridgehead atoms. The summed E-state index contributed by atoms with van der Waals surface area (Å²) in [6.45, 7) is 3.65. The highest BCUT2D eigenvalue weighted by Gasteiger charge is 2.24. The number of carbonyl (C=O) groups excluding carboxylic acids is 1. The van der Waals surface area contributed by atoms with Crippen molar-refractivity contribution in [2.75, 3.05) is 32.8 Å². The Kier molecular flexibility index (Phi) is 4.86. The van der Waals surface area contributed by atoms with Gasteiger partial charge in [-0.2, -0.15) is 0 Å². The molecule has 14 heavy (non-hydrogen) atoms. The SMILES string of the molecule is NC(=O)C(CCCO)N1CCNCC1. The predicted molar refractivity (Wildman–Crippen MR) is 53.7 cm³/mol. The van der Waals surface area contributed by atoms with Gasteiger partial charge in [0.05, 0.1) is 6.04 Å². The van der Waals surface area contributed by atoms with E-state index in [1.807, 2.05) is 0 Å². The van der Waals surface area contributed by atoms with Crippen molar-refractivity contribution in [2.24, 2.45) is 5.73 Å². The standard InChI is InChI=1S/C9H19N3O2/c10-9(14)8(2-1-7-13)12-5-3-11-4-6-12/h8,11,13H,1-7H2,(H2,10,14). The molecule has 0 spiro atoms. The first-order valence-electron chi connectivity index (χ1n) is 5.10. The molecule has 0 aromatic heterocycles. The van der Waals surface area contributed by atoms with Gasteiger partial charge in [-0.1, -0.05) is 0 Å². The van der Waals surface area contributed by atoms with E-state index in [2.05, 4.69) is 10.2 Å². The fourth-order valence-electron chi connectivity index (χ4n) is 1.78. The predicted octanol–water partition coefficient (Wildman–Crippen LogP) is -1.48. The average molecular weight is 201 g/mol. The summed E-state index contributed by atoms with van der Waals surface area (Å²) in [7, 11) is 0. The van der Waals surface area contributed by atoms with Crippen molar-refractivity contribution in [3.05, 3.63) is 0 Å². The maximum atomic E-state index is 11.2. The van der Waals surface area contributed by atoms with Crippen molar-refractivity contribution in [2.45, 2.75) is 18.9 Å². The number of nitrogens with one attached hydrogen (secondary N) is 1. The van der Waals surface area contributed by atoms with Crippen LogP contribution in [0.5, 0.6) is 0 Å². The van der Waals surface area contributed by atoms with E-state index in [9.17, 15) is 4.79 Å². The number of primary amides is 1. The van der Waals surface area contributed by atoms with Gasteiger partial charge in [0.15, 0.2) is 0 Å². The Hall–Kier alpha value is -0.650. The summed E-state index contributed by atoms with van der Waals surface area (Å²) in [5.41, 5.74) is 5.33. The van der Waals surface area contributed by atoms with Crippen LogP contribution in [-0.2, 0) is 4.79 Å². The molecule has 5 nitrogen and oxygen atoms in total. The van der Waals surface area contributed by atoms with Crippen molar-refractivity contribution in [3.8, 4) is 0 Å². The van der Waals surface area contributed by atoms with Crippen molar-refractivity contribution < 1.29 is 9.90 Å². The van der Waals surface area contributed by atoms with Gasteiger partial charge < -0.3 is 16.2 Å². The highest BCUT2D eigenvalue weighted by atomic mass is 16.3. The third kappa shape index (κ3) is 3.25. The largest absolute Gasteiger partial charge is 0.396 e. The lowest BCUT2D eigenvalue weighted by atomic mass is 10.1. The molecule has 0 radical (unpaired) electrons. The third-order valence-electron chi connectivity index (χ3n) is 2.56. The van der Waals surface area contributed by atoms with Crippen molar-refractivity contribution in [3.63, 3.8) is 0 Å². The monoisotopic (exact) mass is 201 g/mol. The van der Waals surface area contributed by atoms with Crippen LogP contribution in [0.4, 0.5) is 0 Å². The zero-order valence-corrected chi connectivity index (χ0v) is 8.41. The van der Waals surface area contributed by atoms with E-state index >= 15 is 0 Å². The van der Waals surface area contributed by atoms with Gasteiger partial charge in [0, 0.05) is 32.8 Å². The fourth-order valence-corrected chi connectivity index (χ4v) is 1.78. The molecule has 0 aliphatic carbocycles. The number of aliphatic hydroxyl groups excluding tert-OH is 1. The molecule has 0 saturated carbocycles. The summed E-state index contributed by atoms with van der Waals surface area (Å²) < 4.78 is 0. The van der Waals surface area contributed by atoms with Gasteiger partial charge in [-0.25, -0.2) is 0 Å². The number of aliphatic hydroxyl groups is 1. The molecule has 0 aromatic rings. The molecule has 1 saturated heterocycles. The van der Waals surface area contributed by atoms with E-state index in [0.717, 1.165) is 26.2 Å². The van der Waals surface area contributed by atoms with Crippen LogP contribution >= 0.6 is 0 Å². The van der Waals surface area contributed by atoms with Crippen molar-refractivity contribution in [1.82, 2.24) is 10.2 Å². The van der Waals surface area contributed by atoms with E-state index in [0.29, 0.717) is 12.8 Å². The summed E-state index contributed by atoms with van der Waals surface area (Å²) in [6.07, 6.45) is 1.30. The van der Waals surface area contributed by atoms with Crippen LogP contribution in [0.15, 0.2) is 0 Å². The Morgan fingerprint density at radius 1 is 1.50 bits per heavy atom. The number of rotatable bonds is 5. The molecule has 1 atom stereocenters. The van der Waals surface area contributed by atoms with Crippen LogP contribution in [0, 0.1) is 0 Å². The number of hydrogen-bond donors (Lipinski definition) is 3. The van der Waals surface area contributed by atoms with E-state index in [1.165, 1.54) is 0 Å². The molecule has 1 fully saturated rings. The molecule has 1 aliphatic heterocycles. The van der Waals surface area contributed by atoms with Crippen LogP contribution in [0.25, 0.3) is 0 Å². The maximum absolute atomic E-state index is 11.2. The molecule has 1 unspecified atom stereocenters. The van der Waals surface area contributed by atoms with Gasteiger partial charge in [-0.3, -0.25) is 9.69 Å². The van der Waals surface area contributed by atoms with Crippen molar-refractivity contribution >= 4 is 5.91 Å². The van der Waals surface area contributed by atoms with Crippen LogP contribution in [0.3, 0.4) is 0 Å². The highest BCUT2D eigenvalue weighted by molar-refractivity contribution is 5.79. The average Bonchev–Trinajstić information content (AvgIpc) is 2.19. The maximum Gasteiger partial charge on any atom is 0.234 e. The van der Waals surface area contributed by atoms with Gasteiger partial charge >= 0.3 is 0 Å². The lowest BCUT2D eigenvalue weighted by Crippen LogP contribution is -2.52. The zero-order valence-electron chi connectivity index (χ0n) is 8.41. The zero-order chi connectivity index (χ0) is 10.4. The van der Waals surface area contributed by atoms with Gasteiger partial charge in [0.25, 0.3) is 0 Å². The van der Waals surface area contributed by atoms with Gasteiger partial charge in [-0.15, -0.1) is 0 Å². The second-order valence-corrected chi connectivity index (χ2v) is 3.57. The minimum absolute atomic E-state index is 0.121. The van der Waals surface area contributed by atoms with E-state index in [1.54, 1.807) is 0 Å². The quantitative estimate of drug-likeness (QED) is 0.507. The second kappa shape index (κ2) is 5.95. The summed E-state index contributed by atoms with van der Waals surface area (Å²) in [5.74, 6) is -0.277. The summed E-state index contributed by atoms with van der Waals surface area (Å²) >= 11 is 0. The number of hydrogen-bond acceptors (Lipinski definition) is 4. The second-order valence-electron chi connectivity index (χ2n) is 3.57. The molecule has 1 rings (SSSR count). The first-order valence-corrected chi connectivity index (χ1v) is 5.10. The first kappa shape index (κ1) is 11.4. The van der Waals surface area contributed by atoms with E-state index in [4.69, 9.17) is 10.8 Å². The van der Waals surface area contributed by atoms with E-state index in [-0.39, 0.29) is 18.6 Å². The number of piperazine rings is 1. The Balaban J connectivity index is 2.43. The number of amides is 1. The van der Waals surface area contributed by atoms with Crippen LogP contribution in [0.2, 0.25) is 0 Å². The Labute approximate surface area is 84.3 Å².